The zero-order chi connectivity index (χ0) is 47.8. The highest BCUT2D eigenvalue weighted by molar-refractivity contribution is 6.15. The van der Waals surface area contributed by atoms with Crippen molar-refractivity contribution in [2.75, 3.05) is 4.90 Å². The predicted octanol–water partition coefficient (Wildman–Crippen LogP) is 19.0. The Balaban J connectivity index is 0.947. The first-order valence-corrected chi connectivity index (χ1v) is 24.9. The summed E-state index contributed by atoms with van der Waals surface area (Å²) in [5.74, 6) is 0. The van der Waals surface area contributed by atoms with Gasteiger partial charge in [-0.3, -0.25) is 0 Å². The normalized spacial score (nSPS) is 12.3. The molecule has 0 unspecified atom stereocenters. The monoisotopic (exact) mass is 915 g/mol. The van der Waals surface area contributed by atoms with Crippen LogP contribution in [-0.4, -0.2) is 0 Å². The van der Waals surface area contributed by atoms with Gasteiger partial charge in [0.1, 0.15) is 0 Å². The maximum Gasteiger partial charge on any atom is 0.0719 e. The molecule has 0 aliphatic heterocycles. The third-order valence-corrected chi connectivity index (χ3v) is 14.8. The van der Waals surface area contributed by atoms with E-state index < -0.39 is 5.41 Å². The maximum absolute atomic E-state index is 2.36. The second-order valence-corrected chi connectivity index (χ2v) is 18.7. The molecule has 0 aromatic heterocycles. The molecule has 0 spiro atoms. The molecule has 1 aliphatic carbocycles. The predicted molar refractivity (Wildman–Crippen MR) is 303 cm³/mol. The standard InChI is InChI=1S/C71H49N/c1-6-20-50(21-7-1)53-38-44-60(45-39-53)72(61-46-40-54(41-47-61)51-22-8-2-9-23-51)62-48-42-55(43-49-62)52-34-36-57(37-35-52)68-67(56-24-10-3-11-25-56)63-30-16-17-31-64(63)70-69(68)65-32-18-19-33-66(65)71(70,58-26-12-4-13-27-58)59-28-14-5-15-29-59/h1-49H. The fourth-order valence-electron chi connectivity index (χ4n) is 11.5. The maximum atomic E-state index is 2.36. The molecule has 0 bridgehead atoms. The highest BCUT2D eigenvalue weighted by atomic mass is 15.1. The van der Waals surface area contributed by atoms with Crippen LogP contribution in [0.3, 0.4) is 0 Å². The van der Waals surface area contributed by atoms with E-state index in [2.05, 4.69) is 302 Å². The van der Waals surface area contributed by atoms with E-state index in [1.807, 2.05) is 0 Å². The molecule has 12 aromatic rings. The van der Waals surface area contributed by atoms with Crippen LogP contribution in [0.5, 0.6) is 0 Å². The molecule has 0 atom stereocenters. The Hall–Kier alpha value is -9.30. The van der Waals surface area contributed by atoms with Crippen LogP contribution in [0, 0.1) is 0 Å². The summed E-state index contributed by atoms with van der Waals surface area (Å²) in [6.07, 6.45) is 0. The van der Waals surface area contributed by atoms with E-state index in [0.29, 0.717) is 0 Å². The number of benzene rings is 12. The number of hydrogen-bond acceptors (Lipinski definition) is 1. The van der Waals surface area contributed by atoms with Crippen LogP contribution in [0.2, 0.25) is 0 Å². The van der Waals surface area contributed by atoms with Crippen molar-refractivity contribution >= 4 is 27.8 Å². The summed E-state index contributed by atoms with van der Waals surface area (Å²) in [5, 5.41) is 2.51. The lowest BCUT2D eigenvalue weighted by Crippen LogP contribution is -2.28. The summed E-state index contributed by atoms with van der Waals surface area (Å²) in [7, 11) is 0. The van der Waals surface area contributed by atoms with Gasteiger partial charge in [-0.05, 0) is 136 Å². The van der Waals surface area contributed by atoms with E-state index in [9.17, 15) is 0 Å². The summed E-state index contributed by atoms with van der Waals surface area (Å²) in [5.41, 5.74) is 22.5. The molecular weight excluding hydrogens is 867 g/mol. The number of hydrogen-bond donors (Lipinski definition) is 0. The van der Waals surface area contributed by atoms with Gasteiger partial charge in [-0.1, -0.05) is 261 Å². The number of nitrogens with zero attached hydrogens (tertiary/aromatic N) is 1. The molecule has 13 rings (SSSR count). The Bertz CT molecular complexity index is 3710. The minimum Gasteiger partial charge on any atom is -0.311 e. The second-order valence-electron chi connectivity index (χ2n) is 18.7. The van der Waals surface area contributed by atoms with Crippen LogP contribution in [0.15, 0.2) is 297 Å². The lowest BCUT2D eigenvalue weighted by atomic mass is 9.66. The Morgan fingerprint density at radius 2 is 0.542 bits per heavy atom. The smallest absolute Gasteiger partial charge is 0.0719 e. The molecule has 0 amide bonds. The van der Waals surface area contributed by atoms with Crippen LogP contribution in [-0.2, 0) is 5.41 Å². The highest BCUT2D eigenvalue weighted by Gasteiger charge is 2.48. The third kappa shape index (κ3) is 7.25. The number of rotatable bonds is 10. The SMILES string of the molecule is c1ccc(-c2ccc(N(c3ccc(-c4ccccc4)cc3)c3ccc(-c4ccc(-c5c6c(c7ccccc7c5-c5ccccc5)C(c5ccccc5)(c5ccccc5)c5ccccc5-6)cc4)cc3)cc2)cc1. The zero-order valence-electron chi connectivity index (χ0n) is 39.7. The average molecular weight is 916 g/mol. The van der Waals surface area contributed by atoms with Crippen molar-refractivity contribution in [3.63, 3.8) is 0 Å². The van der Waals surface area contributed by atoms with Crippen molar-refractivity contribution in [2.24, 2.45) is 0 Å². The molecule has 12 aromatic carbocycles. The van der Waals surface area contributed by atoms with Crippen LogP contribution in [0.25, 0.3) is 77.5 Å². The first-order chi connectivity index (χ1) is 35.7. The van der Waals surface area contributed by atoms with Crippen LogP contribution >= 0.6 is 0 Å². The molecular formula is C71H49N. The van der Waals surface area contributed by atoms with Gasteiger partial charge in [-0.15, -0.1) is 0 Å². The van der Waals surface area contributed by atoms with Gasteiger partial charge >= 0.3 is 0 Å². The minimum atomic E-state index is -0.554. The summed E-state index contributed by atoms with van der Waals surface area (Å²) in [4.78, 5) is 2.35. The van der Waals surface area contributed by atoms with Gasteiger partial charge in [0.25, 0.3) is 0 Å². The molecule has 1 heteroatoms. The van der Waals surface area contributed by atoms with Crippen molar-refractivity contribution < 1.29 is 0 Å². The molecule has 0 heterocycles. The lowest BCUT2D eigenvalue weighted by Gasteiger charge is -2.35. The molecule has 1 aliphatic rings. The van der Waals surface area contributed by atoms with E-state index in [-0.39, 0.29) is 0 Å². The summed E-state index contributed by atoms with van der Waals surface area (Å²) >= 11 is 0. The minimum absolute atomic E-state index is 0.554. The van der Waals surface area contributed by atoms with Gasteiger partial charge in [0, 0.05) is 17.1 Å². The Kier molecular flexibility index (Phi) is 10.8. The van der Waals surface area contributed by atoms with E-state index in [4.69, 9.17) is 0 Å². The van der Waals surface area contributed by atoms with Gasteiger partial charge in [0.05, 0.1) is 5.41 Å². The average Bonchev–Trinajstić information content (AvgIpc) is 3.79. The quantitative estimate of drug-likeness (QED) is 0.132. The fraction of sp³-hybridized carbons (Fsp3) is 0.0141. The van der Waals surface area contributed by atoms with E-state index in [1.54, 1.807) is 0 Å². The van der Waals surface area contributed by atoms with Gasteiger partial charge in [-0.2, -0.15) is 0 Å². The first-order valence-electron chi connectivity index (χ1n) is 24.9. The van der Waals surface area contributed by atoms with Gasteiger partial charge in [0.2, 0.25) is 0 Å². The Morgan fingerprint density at radius 1 is 0.222 bits per heavy atom. The van der Waals surface area contributed by atoms with Crippen LogP contribution in [0.1, 0.15) is 22.3 Å². The molecule has 0 radical (unpaired) electrons. The summed E-state index contributed by atoms with van der Waals surface area (Å²) in [6.45, 7) is 0. The van der Waals surface area contributed by atoms with Crippen molar-refractivity contribution in [1.29, 1.82) is 0 Å². The number of anilines is 3. The van der Waals surface area contributed by atoms with Crippen molar-refractivity contribution in [2.45, 2.75) is 5.41 Å². The second kappa shape index (κ2) is 18.2. The molecule has 0 fully saturated rings. The van der Waals surface area contributed by atoms with Crippen molar-refractivity contribution in [3.8, 4) is 66.8 Å². The lowest BCUT2D eigenvalue weighted by molar-refractivity contribution is 0.775. The summed E-state index contributed by atoms with van der Waals surface area (Å²) in [6, 6.07) is 109. The molecule has 0 saturated heterocycles. The van der Waals surface area contributed by atoms with Crippen LogP contribution < -0.4 is 4.90 Å². The first kappa shape index (κ1) is 42.8. The van der Waals surface area contributed by atoms with Crippen molar-refractivity contribution in [3.05, 3.63) is 320 Å². The van der Waals surface area contributed by atoms with E-state index >= 15 is 0 Å². The third-order valence-electron chi connectivity index (χ3n) is 14.8. The van der Waals surface area contributed by atoms with E-state index in [0.717, 1.165) is 22.6 Å². The summed E-state index contributed by atoms with van der Waals surface area (Å²) < 4.78 is 0. The topological polar surface area (TPSA) is 3.24 Å². The number of fused-ring (bicyclic) bond motifs is 5. The molecule has 338 valence electrons. The van der Waals surface area contributed by atoms with Gasteiger partial charge in [0.15, 0.2) is 0 Å². The van der Waals surface area contributed by atoms with Gasteiger partial charge < -0.3 is 4.90 Å². The molecule has 0 N–H and O–H groups in total. The fourth-order valence-corrected chi connectivity index (χ4v) is 11.5. The molecule has 72 heavy (non-hydrogen) atoms. The highest BCUT2D eigenvalue weighted by Crippen LogP contribution is 2.62. The van der Waals surface area contributed by atoms with Crippen LogP contribution in [0.4, 0.5) is 17.1 Å². The molecule has 0 saturated carbocycles. The van der Waals surface area contributed by atoms with Crippen molar-refractivity contribution in [1.82, 2.24) is 0 Å². The van der Waals surface area contributed by atoms with E-state index in [1.165, 1.54) is 94.2 Å². The van der Waals surface area contributed by atoms with Gasteiger partial charge in [-0.25, -0.2) is 0 Å². The Morgan fingerprint density at radius 3 is 1.00 bits per heavy atom. The largest absolute Gasteiger partial charge is 0.311 e. The molecule has 1 nitrogen and oxygen atoms in total. The zero-order valence-corrected chi connectivity index (χ0v) is 39.7. The Labute approximate surface area is 422 Å².